The van der Waals surface area contributed by atoms with E-state index in [0.717, 1.165) is 25.1 Å². The van der Waals surface area contributed by atoms with Gasteiger partial charge in [0, 0.05) is 18.8 Å². The zero-order valence-corrected chi connectivity index (χ0v) is 6.13. The summed E-state index contributed by atoms with van der Waals surface area (Å²) in [5, 5.41) is 7.17. The molecule has 2 aliphatic rings. The van der Waals surface area contributed by atoms with Gasteiger partial charge in [0.15, 0.2) is 0 Å². The minimum Gasteiger partial charge on any atom is -0.380 e. The maximum absolute atomic E-state index is 11.2. The van der Waals surface area contributed by atoms with Crippen LogP contribution in [0.1, 0.15) is 12.8 Å². The van der Waals surface area contributed by atoms with E-state index in [2.05, 4.69) is 10.6 Å². The maximum atomic E-state index is 11.2. The number of ketones is 1. The van der Waals surface area contributed by atoms with Crippen LogP contribution in [0, 0.1) is 0 Å². The molecule has 0 saturated carbocycles. The van der Waals surface area contributed by atoms with Crippen LogP contribution in [0.15, 0.2) is 23.7 Å². The molecule has 3 nitrogen and oxygen atoms in total. The monoisotopic (exact) mass is 149 g/mol. The lowest BCUT2D eigenvalue weighted by molar-refractivity contribution is -0.112. The van der Waals surface area contributed by atoms with Gasteiger partial charge in [-0.15, -0.1) is 0 Å². The van der Waals surface area contributed by atoms with Crippen molar-refractivity contribution in [1.82, 2.24) is 10.6 Å². The summed E-state index contributed by atoms with van der Waals surface area (Å²) in [4.78, 5) is 11.2. The Morgan fingerprint density at radius 3 is 3.27 bits per heavy atom. The molecule has 0 bridgehead atoms. The van der Waals surface area contributed by atoms with E-state index in [4.69, 9.17) is 0 Å². The van der Waals surface area contributed by atoms with Gasteiger partial charge in [0.25, 0.3) is 0 Å². The maximum Gasteiger partial charge on any atom is 0.205 e. The fourth-order valence-electron chi connectivity index (χ4n) is 1.33. The van der Waals surface area contributed by atoms with Crippen molar-refractivity contribution in [2.45, 2.75) is 12.8 Å². The Bertz CT molecular complexity index is 253. The van der Waals surface area contributed by atoms with Gasteiger partial charge in [-0.05, 0) is 12.8 Å². The molecule has 57 valence electrons. The van der Waals surface area contributed by atoms with Crippen LogP contribution in [0.3, 0.4) is 0 Å². The molecule has 0 aromatic heterocycles. The van der Waals surface area contributed by atoms with E-state index in [1.165, 1.54) is 6.08 Å². The summed E-state index contributed by atoms with van der Waals surface area (Å²) in [6, 6.07) is 0. The van der Waals surface area contributed by atoms with E-state index < -0.39 is 0 Å². The van der Waals surface area contributed by atoms with Crippen LogP contribution in [-0.2, 0) is 4.79 Å². The number of nitrogens with zero attached hydrogens (tertiary/aromatic N) is 1. The van der Waals surface area contributed by atoms with Crippen molar-refractivity contribution >= 4 is 5.78 Å². The zero-order chi connectivity index (χ0) is 7.68. The second-order valence-electron chi connectivity index (χ2n) is 2.66. The van der Waals surface area contributed by atoms with Gasteiger partial charge in [-0.2, -0.15) is 0 Å². The molecule has 3 heteroatoms. The molecule has 2 heterocycles. The van der Waals surface area contributed by atoms with Crippen LogP contribution < -0.4 is 10.6 Å². The Morgan fingerprint density at radius 2 is 2.45 bits per heavy atom. The highest BCUT2D eigenvalue weighted by atomic mass is 16.1. The van der Waals surface area contributed by atoms with Crippen molar-refractivity contribution < 1.29 is 4.79 Å². The van der Waals surface area contributed by atoms with Gasteiger partial charge < -0.3 is 5.32 Å². The summed E-state index contributed by atoms with van der Waals surface area (Å²) in [6.07, 6.45) is 5.08. The molecule has 0 spiro atoms. The predicted molar refractivity (Wildman–Crippen MR) is 40.5 cm³/mol. The van der Waals surface area contributed by atoms with Crippen LogP contribution in [0.5, 0.6) is 0 Å². The lowest BCUT2D eigenvalue weighted by atomic mass is 10.1. The fourth-order valence-corrected chi connectivity index (χ4v) is 1.33. The molecule has 0 fully saturated rings. The summed E-state index contributed by atoms with van der Waals surface area (Å²) in [5.41, 5.74) is 1.63. The molecule has 0 atom stereocenters. The van der Waals surface area contributed by atoms with Crippen LogP contribution in [0.4, 0.5) is 0 Å². The van der Waals surface area contributed by atoms with Gasteiger partial charge in [-0.3, -0.25) is 10.1 Å². The number of hydrogen-bond acceptors (Lipinski definition) is 2. The third kappa shape index (κ3) is 1.02. The van der Waals surface area contributed by atoms with E-state index in [0.29, 0.717) is 5.70 Å². The molecule has 2 aliphatic heterocycles. The van der Waals surface area contributed by atoms with Gasteiger partial charge in [-0.1, -0.05) is 0 Å². The number of allylic oxidation sites excluding steroid dienone is 2. The molecule has 0 saturated heterocycles. The van der Waals surface area contributed by atoms with E-state index in [-0.39, 0.29) is 5.78 Å². The molecule has 0 amide bonds. The molecule has 0 aromatic carbocycles. The van der Waals surface area contributed by atoms with Crippen LogP contribution in [0.25, 0.3) is 0 Å². The quantitative estimate of drug-likeness (QED) is 0.537. The van der Waals surface area contributed by atoms with Crippen molar-refractivity contribution in [3.05, 3.63) is 23.7 Å². The Morgan fingerprint density at radius 1 is 1.55 bits per heavy atom. The number of nitrogens with one attached hydrogen (secondary N) is 1. The Hall–Kier alpha value is -1.25. The molecule has 0 aliphatic carbocycles. The first kappa shape index (κ1) is 6.46. The summed E-state index contributed by atoms with van der Waals surface area (Å²) in [6.45, 7) is 0.897. The van der Waals surface area contributed by atoms with Crippen molar-refractivity contribution in [3.8, 4) is 0 Å². The molecular formula is C8H9N2O. The largest absolute Gasteiger partial charge is 0.380 e. The molecule has 0 unspecified atom stereocenters. The SMILES string of the molecule is O=C1C=C[N]C2=C1NCCC2. The second-order valence-corrected chi connectivity index (χ2v) is 2.66. The standard InChI is InChI=1S/C8H9N2O/c11-7-3-5-9-6-2-1-4-10-8(6)7/h3,5,10H,1-2,4H2. The van der Waals surface area contributed by atoms with E-state index in [1.54, 1.807) is 6.20 Å². The lowest BCUT2D eigenvalue weighted by Crippen LogP contribution is -2.30. The summed E-state index contributed by atoms with van der Waals surface area (Å²) < 4.78 is 0. The molecule has 0 aromatic rings. The number of hydrogen-bond donors (Lipinski definition) is 1. The minimum atomic E-state index is 0.0645. The summed E-state index contributed by atoms with van der Waals surface area (Å²) in [7, 11) is 0. The van der Waals surface area contributed by atoms with Crippen molar-refractivity contribution in [2.24, 2.45) is 0 Å². The van der Waals surface area contributed by atoms with Gasteiger partial charge in [0.05, 0.1) is 5.70 Å². The van der Waals surface area contributed by atoms with E-state index in [1.807, 2.05) is 0 Å². The van der Waals surface area contributed by atoms with Gasteiger partial charge >= 0.3 is 0 Å². The van der Waals surface area contributed by atoms with Crippen LogP contribution in [0.2, 0.25) is 0 Å². The second kappa shape index (κ2) is 2.42. The highest BCUT2D eigenvalue weighted by molar-refractivity contribution is 6.04. The smallest absolute Gasteiger partial charge is 0.205 e. The van der Waals surface area contributed by atoms with Gasteiger partial charge in [-0.25, -0.2) is 0 Å². The minimum absolute atomic E-state index is 0.0645. The lowest BCUT2D eigenvalue weighted by Gasteiger charge is -2.21. The molecule has 2 rings (SSSR count). The third-order valence-electron chi connectivity index (χ3n) is 1.88. The van der Waals surface area contributed by atoms with Crippen molar-refractivity contribution in [3.63, 3.8) is 0 Å². The van der Waals surface area contributed by atoms with Gasteiger partial charge in [0.2, 0.25) is 5.78 Å². The Labute approximate surface area is 65.2 Å². The zero-order valence-electron chi connectivity index (χ0n) is 6.13. The Balaban J connectivity index is 2.30. The molecular weight excluding hydrogens is 140 g/mol. The van der Waals surface area contributed by atoms with Crippen molar-refractivity contribution in [2.75, 3.05) is 6.54 Å². The van der Waals surface area contributed by atoms with Crippen LogP contribution in [-0.4, -0.2) is 12.3 Å². The Kier molecular flexibility index (Phi) is 1.42. The molecule has 11 heavy (non-hydrogen) atoms. The first-order valence-electron chi connectivity index (χ1n) is 3.77. The molecule has 1 radical (unpaired) electrons. The van der Waals surface area contributed by atoms with E-state index >= 15 is 0 Å². The van der Waals surface area contributed by atoms with Crippen LogP contribution >= 0.6 is 0 Å². The number of carbonyl (C=O) groups is 1. The number of carbonyl (C=O) groups excluding carboxylic acids is 1. The molecule has 1 N–H and O–H groups in total. The van der Waals surface area contributed by atoms with Crippen molar-refractivity contribution in [1.29, 1.82) is 0 Å². The highest BCUT2D eigenvalue weighted by Gasteiger charge is 2.19. The normalized spacial score (nSPS) is 22.4. The summed E-state index contributed by atoms with van der Waals surface area (Å²) in [5.74, 6) is 0.0645. The van der Waals surface area contributed by atoms with E-state index in [9.17, 15) is 4.79 Å². The first-order chi connectivity index (χ1) is 5.38. The average Bonchev–Trinajstić information content (AvgIpc) is 2.06. The summed E-state index contributed by atoms with van der Waals surface area (Å²) >= 11 is 0. The topological polar surface area (TPSA) is 43.2 Å². The third-order valence-corrected chi connectivity index (χ3v) is 1.88. The highest BCUT2D eigenvalue weighted by Crippen LogP contribution is 2.16. The average molecular weight is 149 g/mol. The first-order valence-corrected chi connectivity index (χ1v) is 3.77. The number of rotatable bonds is 0. The fraction of sp³-hybridized carbons (Fsp3) is 0.375. The predicted octanol–water partition coefficient (Wildman–Crippen LogP) is 0.282. The van der Waals surface area contributed by atoms with Gasteiger partial charge in [0.1, 0.15) is 5.70 Å².